The van der Waals surface area contributed by atoms with Gasteiger partial charge in [-0.05, 0) is 56.9 Å². The van der Waals surface area contributed by atoms with E-state index in [4.69, 9.17) is 11.6 Å². The fourth-order valence-corrected chi connectivity index (χ4v) is 2.50. The van der Waals surface area contributed by atoms with E-state index in [1.807, 2.05) is 43.3 Å². The molecule has 0 spiro atoms. The van der Waals surface area contributed by atoms with E-state index in [2.05, 4.69) is 5.32 Å². The lowest BCUT2D eigenvalue weighted by atomic mass is 10.1. The van der Waals surface area contributed by atoms with Crippen LogP contribution in [0, 0.1) is 5.82 Å². The topological polar surface area (TPSA) is 32.3 Å². The van der Waals surface area contributed by atoms with Crippen molar-refractivity contribution in [1.29, 1.82) is 0 Å². The Morgan fingerprint density at radius 1 is 1.22 bits per heavy atom. The Kier molecular flexibility index (Phi) is 5.74. The van der Waals surface area contributed by atoms with Crippen LogP contribution in [0.25, 0.3) is 0 Å². The molecule has 3 nitrogen and oxygen atoms in total. The summed E-state index contributed by atoms with van der Waals surface area (Å²) >= 11 is 5.93. The summed E-state index contributed by atoms with van der Waals surface area (Å²) in [4.78, 5) is 13.5. The number of nitrogens with zero attached hydrogens (tertiary/aromatic N) is 1. The van der Waals surface area contributed by atoms with E-state index in [1.54, 1.807) is 6.07 Å². The zero-order valence-electron chi connectivity index (χ0n) is 13.4. The monoisotopic (exact) mass is 334 g/mol. The van der Waals surface area contributed by atoms with Gasteiger partial charge in [-0.15, -0.1) is 0 Å². The summed E-state index contributed by atoms with van der Waals surface area (Å²) in [5.41, 5.74) is 1.90. The predicted molar refractivity (Wildman–Crippen MR) is 92.8 cm³/mol. The van der Waals surface area contributed by atoms with Gasteiger partial charge in [0.1, 0.15) is 5.82 Å². The highest BCUT2D eigenvalue weighted by Gasteiger charge is 2.15. The van der Waals surface area contributed by atoms with Gasteiger partial charge >= 0.3 is 0 Å². The Hall–Kier alpha value is -1.91. The number of Topliss-reactive ketones (excluding diaryl/α,β-unsaturated/α-hetero) is 1. The number of benzene rings is 2. The Morgan fingerprint density at radius 2 is 1.87 bits per heavy atom. The molecule has 23 heavy (non-hydrogen) atoms. The summed E-state index contributed by atoms with van der Waals surface area (Å²) in [7, 11) is 3.92. The minimum Gasteiger partial charge on any atom is -0.381 e. The SMILES string of the molecule is CC(=O)c1ccc(F)c(NCC(c2ccc(Cl)cc2)N(C)C)c1. The van der Waals surface area contributed by atoms with Gasteiger partial charge in [-0.3, -0.25) is 4.79 Å². The number of anilines is 1. The molecule has 0 bridgehead atoms. The number of likely N-dealkylation sites (N-methyl/N-ethyl adjacent to an activating group) is 1. The van der Waals surface area contributed by atoms with E-state index < -0.39 is 0 Å². The second-order valence-electron chi connectivity index (χ2n) is 5.66. The van der Waals surface area contributed by atoms with Crippen LogP contribution in [0.15, 0.2) is 42.5 Å². The van der Waals surface area contributed by atoms with Crippen molar-refractivity contribution in [1.82, 2.24) is 4.90 Å². The van der Waals surface area contributed by atoms with Crippen molar-refractivity contribution < 1.29 is 9.18 Å². The van der Waals surface area contributed by atoms with Crippen molar-refractivity contribution in [2.45, 2.75) is 13.0 Å². The maximum absolute atomic E-state index is 13.9. The average Bonchev–Trinajstić information content (AvgIpc) is 2.50. The predicted octanol–water partition coefficient (Wildman–Crippen LogP) is 4.40. The summed E-state index contributed by atoms with van der Waals surface area (Å²) in [5, 5.41) is 3.78. The Bertz CT molecular complexity index is 686. The molecule has 1 unspecified atom stereocenters. The molecular weight excluding hydrogens is 315 g/mol. The number of carbonyl (C=O) groups is 1. The molecule has 0 saturated carbocycles. The molecule has 0 saturated heterocycles. The zero-order valence-corrected chi connectivity index (χ0v) is 14.2. The number of halogens is 2. The highest BCUT2D eigenvalue weighted by molar-refractivity contribution is 6.30. The lowest BCUT2D eigenvalue weighted by Gasteiger charge is -2.26. The first-order valence-electron chi connectivity index (χ1n) is 7.34. The minimum absolute atomic E-state index is 0.0488. The number of nitrogens with one attached hydrogen (secondary N) is 1. The van der Waals surface area contributed by atoms with Crippen LogP contribution in [-0.4, -0.2) is 31.3 Å². The number of hydrogen-bond donors (Lipinski definition) is 1. The largest absolute Gasteiger partial charge is 0.381 e. The summed E-state index contributed by atoms with van der Waals surface area (Å²) in [6.45, 7) is 1.97. The molecule has 0 aromatic heterocycles. The summed E-state index contributed by atoms with van der Waals surface area (Å²) < 4.78 is 13.9. The van der Waals surface area contributed by atoms with Crippen LogP contribution in [0.5, 0.6) is 0 Å². The van der Waals surface area contributed by atoms with Crippen LogP contribution in [0.3, 0.4) is 0 Å². The van der Waals surface area contributed by atoms with E-state index in [9.17, 15) is 9.18 Å². The smallest absolute Gasteiger partial charge is 0.159 e. The van der Waals surface area contributed by atoms with Gasteiger partial charge in [0.25, 0.3) is 0 Å². The maximum Gasteiger partial charge on any atom is 0.159 e. The third kappa shape index (κ3) is 4.53. The van der Waals surface area contributed by atoms with Gasteiger partial charge in [0.2, 0.25) is 0 Å². The van der Waals surface area contributed by atoms with Crippen LogP contribution in [-0.2, 0) is 0 Å². The van der Waals surface area contributed by atoms with E-state index >= 15 is 0 Å². The van der Waals surface area contributed by atoms with Gasteiger partial charge in [-0.1, -0.05) is 23.7 Å². The lowest BCUT2D eigenvalue weighted by molar-refractivity contribution is 0.101. The Morgan fingerprint density at radius 3 is 2.43 bits per heavy atom. The van der Waals surface area contributed by atoms with Gasteiger partial charge in [0.15, 0.2) is 5.78 Å². The molecule has 2 rings (SSSR count). The molecule has 5 heteroatoms. The van der Waals surface area contributed by atoms with Crippen LogP contribution < -0.4 is 5.32 Å². The van der Waals surface area contributed by atoms with Crippen molar-refractivity contribution in [3.8, 4) is 0 Å². The van der Waals surface area contributed by atoms with Gasteiger partial charge < -0.3 is 10.2 Å². The second kappa shape index (κ2) is 7.57. The molecule has 0 aliphatic heterocycles. The molecule has 0 fully saturated rings. The second-order valence-corrected chi connectivity index (χ2v) is 6.10. The average molecular weight is 335 g/mol. The van der Waals surface area contributed by atoms with Crippen molar-refractivity contribution >= 4 is 23.1 Å². The molecule has 122 valence electrons. The summed E-state index contributed by atoms with van der Waals surface area (Å²) in [6, 6.07) is 12.0. The zero-order chi connectivity index (χ0) is 17.0. The fourth-order valence-electron chi connectivity index (χ4n) is 2.37. The quantitative estimate of drug-likeness (QED) is 0.795. The van der Waals surface area contributed by atoms with Crippen LogP contribution in [0.2, 0.25) is 5.02 Å². The van der Waals surface area contributed by atoms with Crippen molar-refractivity contribution in [3.05, 3.63) is 64.4 Å². The molecule has 0 radical (unpaired) electrons. The van der Waals surface area contributed by atoms with Gasteiger partial charge in [0.05, 0.1) is 11.7 Å². The fraction of sp³-hybridized carbons (Fsp3) is 0.278. The van der Waals surface area contributed by atoms with Crippen LogP contribution in [0.4, 0.5) is 10.1 Å². The molecule has 0 amide bonds. The van der Waals surface area contributed by atoms with Crippen molar-refractivity contribution in [2.24, 2.45) is 0 Å². The maximum atomic E-state index is 13.9. The van der Waals surface area contributed by atoms with Crippen LogP contribution >= 0.6 is 11.6 Å². The molecular formula is C18H20ClFN2O. The molecule has 1 atom stereocenters. The van der Waals surface area contributed by atoms with Crippen LogP contribution in [0.1, 0.15) is 28.9 Å². The van der Waals surface area contributed by atoms with E-state index in [0.717, 1.165) is 5.56 Å². The first kappa shape index (κ1) is 17.4. The molecule has 1 N–H and O–H groups in total. The minimum atomic E-state index is -0.372. The normalized spacial score (nSPS) is 12.3. The number of rotatable bonds is 6. The van der Waals surface area contributed by atoms with Gasteiger partial charge in [0, 0.05) is 17.1 Å². The van der Waals surface area contributed by atoms with Crippen molar-refractivity contribution in [2.75, 3.05) is 26.0 Å². The van der Waals surface area contributed by atoms with E-state index in [0.29, 0.717) is 22.8 Å². The first-order chi connectivity index (χ1) is 10.9. The number of hydrogen-bond acceptors (Lipinski definition) is 3. The lowest BCUT2D eigenvalue weighted by Crippen LogP contribution is -2.27. The molecule has 2 aromatic rings. The van der Waals surface area contributed by atoms with Crippen molar-refractivity contribution in [3.63, 3.8) is 0 Å². The van der Waals surface area contributed by atoms with Gasteiger partial charge in [-0.25, -0.2) is 4.39 Å². The third-order valence-electron chi connectivity index (χ3n) is 3.74. The number of ketones is 1. The molecule has 2 aromatic carbocycles. The van der Waals surface area contributed by atoms with Gasteiger partial charge in [-0.2, -0.15) is 0 Å². The molecule has 0 aliphatic carbocycles. The Balaban J connectivity index is 2.17. The molecule has 0 aliphatic rings. The standard InChI is InChI=1S/C18H20ClFN2O/c1-12(23)14-6-9-16(20)17(10-14)21-11-18(22(2)3)13-4-7-15(19)8-5-13/h4-10,18,21H,11H2,1-3H3. The Labute approximate surface area is 141 Å². The van der Waals surface area contributed by atoms with E-state index in [1.165, 1.54) is 19.1 Å². The highest BCUT2D eigenvalue weighted by Crippen LogP contribution is 2.23. The summed E-state index contributed by atoms with van der Waals surface area (Å²) in [6.07, 6.45) is 0. The van der Waals surface area contributed by atoms with E-state index in [-0.39, 0.29) is 17.6 Å². The number of carbonyl (C=O) groups excluding carboxylic acids is 1. The molecule has 0 heterocycles. The highest BCUT2D eigenvalue weighted by atomic mass is 35.5. The third-order valence-corrected chi connectivity index (χ3v) is 3.99. The summed E-state index contributed by atoms with van der Waals surface area (Å²) in [5.74, 6) is -0.460. The first-order valence-corrected chi connectivity index (χ1v) is 7.72.